The summed E-state index contributed by atoms with van der Waals surface area (Å²) >= 11 is 0. The monoisotopic (exact) mass is 278 g/mol. The van der Waals surface area contributed by atoms with Gasteiger partial charge in [-0.15, -0.1) is 0 Å². The fourth-order valence-corrected chi connectivity index (χ4v) is 2.82. The number of carbonyl (C=O) groups is 1. The topological polar surface area (TPSA) is 32.3 Å². The molecular weight excluding hydrogens is 255 g/mol. The van der Waals surface area contributed by atoms with Crippen LogP contribution in [0.4, 0.5) is 4.39 Å². The summed E-state index contributed by atoms with van der Waals surface area (Å²) < 4.78 is 13.9. The van der Waals surface area contributed by atoms with Gasteiger partial charge in [0.1, 0.15) is 5.82 Å². The smallest absolute Gasteiger partial charge is 0.228 e. The molecule has 1 fully saturated rings. The van der Waals surface area contributed by atoms with Crippen molar-refractivity contribution in [1.82, 2.24) is 10.2 Å². The highest BCUT2D eigenvalue weighted by Gasteiger charge is 2.38. The zero-order valence-electron chi connectivity index (χ0n) is 12.4. The fraction of sp³-hybridized carbons (Fsp3) is 0.562. The molecule has 0 bridgehead atoms. The van der Waals surface area contributed by atoms with E-state index >= 15 is 0 Å². The normalized spacial score (nSPS) is 19.4. The molecule has 0 aromatic heterocycles. The first-order chi connectivity index (χ1) is 9.46. The summed E-state index contributed by atoms with van der Waals surface area (Å²) in [6, 6.07) is 6.40. The molecule has 1 heterocycles. The Morgan fingerprint density at radius 2 is 1.95 bits per heavy atom. The molecule has 1 aliphatic rings. The molecule has 0 aliphatic carbocycles. The highest BCUT2D eigenvalue weighted by atomic mass is 19.1. The van der Waals surface area contributed by atoms with Crippen LogP contribution in [-0.2, 0) is 4.79 Å². The molecule has 1 atom stereocenters. The van der Waals surface area contributed by atoms with E-state index in [0.29, 0.717) is 5.56 Å². The van der Waals surface area contributed by atoms with Crippen molar-refractivity contribution < 1.29 is 9.18 Å². The molecule has 1 aromatic rings. The Kier molecular flexibility index (Phi) is 4.43. The quantitative estimate of drug-likeness (QED) is 0.922. The molecule has 4 heteroatoms. The zero-order valence-corrected chi connectivity index (χ0v) is 12.4. The molecule has 1 saturated heterocycles. The number of halogens is 1. The van der Waals surface area contributed by atoms with Gasteiger partial charge in [0.15, 0.2) is 0 Å². The van der Waals surface area contributed by atoms with Gasteiger partial charge in [0.05, 0.1) is 6.04 Å². The molecule has 1 N–H and O–H groups in total. The summed E-state index contributed by atoms with van der Waals surface area (Å²) in [5.74, 6) is -0.148. The summed E-state index contributed by atoms with van der Waals surface area (Å²) in [6.07, 6.45) is 1.67. The lowest BCUT2D eigenvalue weighted by Crippen LogP contribution is -2.47. The van der Waals surface area contributed by atoms with E-state index in [1.165, 1.54) is 6.07 Å². The minimum atomic E-state index is -0.334. The van der Waals surface area contributed by atoms with Crippen molar-refractivity contribution in [2.45, 2.75) is 32.7 Å². The SMILES string of the molecule is CC(c1ccccc1F)N(C)C(=O)C1(C)CCNCC1. The van der Waals surface area contributed by atoms with E-state index in [9.17, 15) is 9.18 Å². The number of nitrogens with zero attached hydrogens (tertiary/aromatic N) is 1. The highest BCUT2D eigenvalue weighted by Crippen LogP contribution is 2.33. The predicted molar refractivity (Wildman–Crippen MR) is 77.8 cm³/mol. The molecule has 1 aliphatic heterocycles. The Hall–Kier alpha value is -1.42. The van der Waals surface area contributed by atoms with E-state index in [1.807, 2.05) is 13.8 Å². The van der Waals surface area contributed by atoms with Gasteiger partial charge in [0.25, 0.3) is 0 Å². The van der Waals surface area contributed by atoms with Crippen molar-refractivity contribution in [3.05, 3.63) is 35.6 Å². The third kappa shape index (κ3) is 2.85. The average molecular weight is 278 g/mol. The lowest BCUT2D eigenvalue weighted by Gasteiger charge is -2.38. The van der Waals surface area contributed by atoms with Crippen LogP contribution in [0.3, 0.4) is 0 Å². The van der Waals surface area contributed by atoms with Crippen LogP contribution in [-0.4, -0.2) is 30.9 Å². The Labute approximate surface area is 120 Å². The second-order valence-corrected chi connectivity index (χ2v) is 5.92. The molecule has 20 heavy (non-hydrogen) atoms. The molecule has 0 spiro atoms. The number of carbonyl (C=O) groups excluding carboxylic acids is 1. The van der Waals surface area contributed by atoms with E-state index in [4.69, 9.17) is 0 Å². The van der Waals surface area contributed by atoms with Crippen LogP contribution in [0.25, 0.3) is 0 Å². The van der Waals surface area contributed by atoms with Gasteiger partial charge >= 0.3 is 0 Å². The maximum Gasteiger partial charge on any atom is 0.228 e. The molecule has 1 aromatic carbocycles. The Balaban J connectivity index is 2.16. The molecule has 0 radical (unpaired) electrons. The summed E-state index contributed by atoms with van der Waals surface area (Å²) in [4.78, 5) is 14.4. The van der Waals surface area contributed by atoms with Gasteiger partial charge in [-0.2, -0.15) is 0 Å². The minimum Gasteiger partial charge on any atom is -0.338 e. The zero-order chi connectivity index (χ0) is 14.8. The van der Waals surface area contributed by atoms with Crippen molar-refractivity contribution in [2.75, 3.05) is 20.1 Å². The lowest BCUT2D eigenvalue weighted by atomic mass is 9.79. The van der Waals surface area contributed by atoms with Crippen molar-refractivity contribution in [2.24, 2.45) is 5.41 Å². The standard InChI is InChI=1S/C16H23FN2O/c1-12(13-6-4-5-7-14(13)17)19(3)15(20)16(2)8-10-18-11-9-16/h4-7,12,18H,8-11H2,1-3H3. The van der Waals surface area contributed by atoms with Gasteiger partial charge in [0.2, 0.25) is 5.91 Å². The van der Waals surface area contributed by atoms with Crippen LogP contribution >= 0.6 is 0 Å². The Bertz CT molecular complexity index is 483. The Morgan fingerprint density at radius 1 is 1.35 bits per heavy atom. The second-order valence-electron chi connectivity index (χ2n) is 5.92. The van der Waals surface area contributed by atoms with Crippen molar-refractivity contribution >= 4 is 5.91 Å². The van der Waals surface area contributed by atoms with Gasteiger partial charge in [-0.1, -0.05) is 25.1 Å². The molecule has 110 valence electrons. The fourth-order valence-electron chi connectivity index (χ4n) is 2.82. The van der Waals surface area contributed by atoms with Gasteiger partial charge < -0.3 is 10.2 Å². The van der Waals surface area contributed by atoms with Gasteiger partial charge in [-0.25, -0.2) is 4.39 Å². The van der Waals surface area contributed by atoms with Crippen LogP contribution in [0, 0.1) is 11.2 Å². The number of rotatable bonds is 3. The molecular formula is C16H23FN2O. The molecule has 2 rings (SSSR count). The maximum absolute atomic E-state index is 13.9. The first-order valence-corrected chi connectivity index (χ1v) is 7.18. The van der Waals surface area contributed by atoms with Crippen LogP contribution in [0.5, 0.6) is 0 Å². The van der Waals surface area contributed by atoms with E-state index in [2.05, 4.69) is 5.32 Å². The summed E-state index contributed by atoms with van der Waals surface area (Å²) in [5, 5.41) is 3.27. The van der Waals surface area contributed by atoms with Crippen molar-refractivity contribution in [1.29, 1.82) is 0 Å². The third-order valence-corrected chi connectivity index (χ3v) is 4.48. The second kappa shape index (κ2) is 5.92. The maximum atomic E-state index is 13.9. The molecule has 1 unspecified atom stereocenters. The summed E-state index contributed by atoms with van der Waals surface area (Å²) in [5.41, 5.74) is 0.236. The van der Waals surface area contributed by atoms with Crippen molar-refractivity contribution in [3.63, 3.8) is 0 Å². The summed E-state index contributed by atoms with van der Waals surface area (Å²) in [6.45, 7) is 5.62. The lowest BCUT2D eigenvalue weighted by molar-refractivity contribution is -0.143. The largest absolute Gasteiger partial charge is 0.338 e. The van der Waals surface area contributed by atoms with E-state index in [0.717, 1.165) is 25.9 Å². The molecule has 0 saturated carbocycles. The van der Waals surface area contributed by atoms with E-state index < -0.39 is 0 Å². The van der Waals surface area contributed by atoms with Crippen LogP contribution in [0.2, 0.25) is 0 Å². The van der Waals surface area contributed by atoms with E-state index in [1.54, 1.807) is 30.1 Å². The van der Waals surface area contributed by atoms with Crippen LogP contribution in [0.15, 0.2) is 24.3 Å². The number of nitrogens with one attached hydrogen (secondary N) is 1. The number of hydrogen-bond acceptors (Lipinski definition) is 2. The van der Waals surface area contributed by atoms with Crippen LogP contribution < -0.4 is 5.32 Å². The van der Waals surface area contributed by atoms with E-state index in [-0.39, 0.29) is 23.2 Å². The number of hydrogen-bond donors (Lipinski definition) is 1. The minimum absolute atomic E-state index is 0.106. The van der Waals surface area contributed by atoms with Gasteiger partial charge in [0, 0.05) is 18.0 Å². The van der Waals surface area contributed by atoms with Gasteiger partial charge in [-0.3, -0.25) is 4.79 Å². The Morgan fingerprint density at radius 3 is 2.55 bits per heavy atom. The molecule has 3 nitrogen and oxygen atoms in total. The molecule has 1 amide bonds. The highest BCUT2D eigenvalue weighted by molar-refractivity contribution is 5.82. The third-order valence-electron chi connectivity index (χ3n) is 4.48. The van der Waals surface area contributed by atoms with Crippen LogP contribution in [0.1, 0.15) is 38.3 Å². The van der Waals surface area contributed by atoms with Crippen molar-refractivity contribution in [3.8, 4) is 0 Å². The summed E-state index contributed by atoms with van der Waals surface area (Å²) in [7, 11) is 1.77. The first kappa shape index (κ1) is 15.0. The number of piperidine rings is 1. The predicted octanol–water partition coefficient (Wildman–Crippen LogP) is 2.73. The van der Waals surface area contributed by atoms with Gasteiger partial charge in [-0.05, 0) is 38.9 Å². The average Bonchev–Trinajstić information content (AvgIpc) is 2.46. The number of amides is 1. The first-order valence-electron chi connectivity index (χ1n) is 7.18. The number of benzene rings is 1.